The van der Waals surface area contributed by atoms with Gasteiger partial charge in [-0.25, -0.2) is 4.79 Å². The van der Waals surface area contributed by atoms with Crippen molar-refractivity contribution < 1.29 is 14.3 Å². The largest absolute Gasteiger partial charge is 0.464 e. The second kappa shape index (κ2) is 4.90. The van der Waals surface area contributed by atoms with Crippen molar-refractivity contribution in [3.8, 4) is 0 Å². The van der Waals surface area contributed by atoms with E-state index in [1.807, 2.05) is 26.0 Å². The molecule has 1 saturated heterocycles. The Labute approximate surface area is 112 Å². The predicted octanol–water partition coefficient (Wildman–Crippen LogP) is 3.15. The Hall–Kier alpha value is -1.06. The summed E-state index contributed by atoms with van der Waals surface area (Å²) in [6.45, 7) is 6.09. The van der Waals surface area contributed by atoms with Crippen molar-refractivity contribution >= 4 is 17.6 Å². The Morgan fingerprint density at radius 2 is 2.00 bits per heavy atom. The van der Waals surface area contributed by atoms with Gasteiger partial charge in [0.25, 0.3) is 0 Å². The Bertz CT molecular complexity index is 443. The summed E-state index contributed by atoms with van der Waals surface area (Å²) < 4.78 is 10.9. The fourth-order valence-electron chi connectivity index (χ4n) is 2.38. The van der Waals surface area contributed by atoms with Crippen molar-refractivity contribution in [3.63, 3.8) is 0 Å². The maximum atomic E-state index is 12.2. The van der Waals surface area contributed by atoms with E-state index in [4.69, 9.17) is 21.1 Å². The molecule has 0 spiro atoms. The van der Waals surface area contributed by atoms with E-state index in [0.717, 1.165) is 5.56 Å². The van der Waals surface area contributed by atoms with Crippen molar-refractivity contribution in [2.75, 3.05) is 6.61 Å². The topological polar surface area (TPSA) is 35.5 Å². The van der Waals surface area contributed by atoms with Crippen LogP contribution in [0.2, 0.25) is 5.02 Å². The molecule has 98 valence electrons. The van der Waals surface area contributed by atoms with Gasteiger partial charge >= 0.3 is 5.97 Å². The Morgan fingerprint density at radius 3 is 2.44 bits per heavy atom. The first kappa shape index (κ1) is 13.4. The molecule has 0 amide bonds. The van der Waals surface area contributed by atoms with E-state index in [2.05, 4.69) is 0 Å². The molecule has 3 atom stereocenters. The summed E-state index contributed by atoms with van der Waals surface area (Å²) in [5, 5.41) is 0.637. The molecule has 1 aromatic carbocycles. The average molecular weight is 269 g/mol. The fraction of sp³-hybridized carbons (Fsp3) is 0.500. The van der Waals surface area contributed by atoms with Crippen LogP contribution in [0.5, 0.6) is 0 Å². The van der Waals surface area contributed by atoms with Crippen LogP contribution in [0.3, 0.4) is 0 Å². The van der Waals surface area contributed by atoms with Crippen molar-refractivity contribution in [2.24, 2.45) is 5.92 Å². The van der Waals surface area contributed by atoms with Gasteiger partial charge in [-0.1, -0.05) is 30.7 Å². The highest BCUT2D eigenvalue weighted by Gasteiger charge is 2.58. The van der Waals surface area contributed by atoms with Gasteiger partial charge in [0.1, 0.15) is 0 Å². The Balaban J connectivity index is 2.37. The van der Waals surface area contributed by atoms with Crippen molar-refractivity contribution in [3.05, 3.63) is 34.9 Å². The molecule has 18 heavy (non-hydrogen) atoms. The molecule has 4 heteroatoms. The van der Waals surface area contributed by atoms with Gasteiger partial charge in [0.15, 0.2) is 5.60 Å². The summed E-state index contributed by atoms with van der Waals surface area (Å²) in [5.41, 5.74) is -0.170. The summed E-state index contributed by atoms with van der Waals surface area (Å²) in [5.74, 6) is -0.240. The zero-order valence-electron chi connectivity index (χ0n) is 10.8. The summed E-state index contributed by atoms with van der Waals surface area (Å²) in [6, 6.07) is 7.16. The second-order valence-corrected chi connectivity index (χ2v) is 5.01. The van der Waals surface area contributed by atoms with Crippen LogP contribution < -0.4 is 0 Å². The average Bonchev–Trinajstić information content (AvgIpc) is 2.36. The van der Waals surface area contributed by atoms with E-state index >= 15 is 0 Å². The number of hydrogen-bond donors (Lipinski definition) is 0. The fourth-order valence-corrected chi connectivity index (χ4v) is 2.51. The van der Waals surface area contributed by atoms with E-state index in [-0.39, 0.29) is 18.0 Å². The van der Waals surface area contributed by atoms with E-state index in [0.29, 0.717) is 11.6 Å². The van der Waals surface area contributed by atoms with Crippen LogP contribution in [0.1, 0.15) is 26.3 Å². The first-order chi connectivity index (χ1) is 8.52. The third-order valence-electron chi connectivity index (χ3n) is 3.57. The number of benzene rings is 1. The van der Waals surface area contributed by atoms with Gasteiger partial charge in [0.05, 0.1) is 12.7 Å². The van der Waals surface area contributed by atoms with E-state index < -0.39 is 5.60 Å². The molecule has 3 unspecified atom stereocenters. The number of carbonyl (C=O) groups is 1. The standard InChI is InChI=1S/C14H17ClO3/c1-4-17-13(16)14(9(2)10(3)18-14)11-5-7-12(15)8-6-11/h5-10H,4H2,1-3H3. The zero-order valence-corrected chi connectivity index (χ0v) is 11.5. The molecule has 1 aliphatic rings. The molecule has 0 aliphatic carbocycles. The summed E-state index contributed by atoms with van der Waals surface area (Å²) in [4.78, 5) is 12.2. The molecule has 1 aliphatic heterocycles. The monoisotopic (exact) mass is 268 g/mol. The van der Waals surface area contributed by atoms with Crippen molar-refractivity contribution in [1.82, 2.24) is 0 Å². The maximum absolute atomic E-state index is 12.2. The van der Waals surface area contributed by atoms with Gasteiger partial charge in [-0.2, -0.15) is 0 Å². The molecule has 1 aromatic rings. The lowest BCUT2D eigenvalue weighted by Crippen LogP contribution is -2.60. The normalized spacial score (nSPS) is 30.7. The Morgan fingerprint density at radius 1 is 1.39 bits per heavy atom. The first-order valence-corrected chi connectivity index (χ1v) is 6.51. The van der Waals surface area contributed by atoms with Crippen molar-refractivity contribution in [1.29, 1.82) is 0 Å². The number of halogens is 1. The van der Waals surface area contributed by atoms with Crippen LogP contribution in [0.25, 0.3) is 0 Å². The first-order valence-electron chi connectivity index (χ1n) is 6.13. The minimum Gasteiger partial charge on any atom is -0.464 e. The molecule has 0 radical (unpaired) electrons. The zero-order chi connectivity index (χ0) is 13.3. The quantitative estimate of drug-likeness (QED) is 0.790. The third kappa shape index (κ3) is 1.91. The van der Waals surface area contributed by atoms with E-state index in [1.54, 1.807) is 19.1 Å². The van der Waals surface area contributed by atoms with Gasteiger partial charge in [0.2, 0.25) is 0 Å². The minimum absolute atomic E-state index is 0.0464. The molecule has 1 fully saturated rings. The number of esters is 1. The molecule has 0 aromatic heterocycles. The molecule has 0 bridgehead atoms. The third-order valence-corrected chi connectivity index (χ3v) is 3.82. The van der Waals surface area contributed by atoms with Gasteiger partial charge in [-0.15, -0.1) is 0 Å². The molecule has 0 N–H and O–H groups in total. The molecule has 1 heterocycles. The highest BCUT2D eigenvalue weighted by Crippen LogP contribution is 2.47. The Kier molecular flexibility index (Phi) is 3.64. The van der Waals surface area contributed by atoms with Crippen molar-refractivity contribution in [2.45, 2.75) is 32.5 Å². The van der Waals surface area contributed by atoms with Gasteiger partial charge in [-0.3, -0.25) is 0 Å². The highest BCUT2D eigenvalue weighted by molar-refractivity contribution is 6.30. The second-order valence-electron chi connectivity index (χ2n) is 4.57. The lowest BCUT2D eigenvalue weighted by atomic mass is 9.74. The van der Waals surface area contributed by atoms with Gasteiger partial charge < -0.3 is 9.47 Å². The minimum atomic E-state index is -0.972. The summed E-state index contributed by atoms with van der Waals surface area (Å²) in [6.07, 6.45) is 0.0464. The number of hydrogen-bond acceptors (Lipinski definition) is 3. The van der Waals surface area contributed by atoms with Crippen LogP contribution in [0.4, 0.5) is 0 Å². The molecule has 0 saturated carbocycles. The summed E-state index contributed by atoms with van der Waals surface area (Å²) >= 11 is 5.87. The lowest BCUT2D eigenvalue weighted by Gasteiger charge is -2.50. The van der Waals surface area contributed by atoms with Crippen LogP contribution >= 0.6 is 11.6 Å². The number of ether oxygens (including phenoxy) is 2. The van der Waals surface area contributed by atoms with Gasteiger partial charge in [-0.05, 0) is 31.5 Å². The molecule has 3 nitrogen and oxygen atoms in total. The van der Waals surface area contributed by atoms with Crippen LogP contribution in [0, 0.1) is 5.92 Å². The highest BCUT2D eigenvalue weighted by atomic mass is 35.5. The molecular weight excluding hydrogens is 252 g/mol. The summed E-state index contributed by atoms with van der Waals surface area (Å²) in [7, 11) is 0. The number of carbonyl (C=O) groups excluding carboxylic acids is 1. The molecular formula is C14H17ClO3. The van der Waals surface area contributed by atoms with Crippen LogP contribution in [-0.4, -0.2) is 18.7 Å². The van der Waals surface area contributed by atoms with E-state index in [9.17, 15) is 4.79 Å². The predicted molar refractivity (Wildman–Crippen MR) is 69.5 cm³/mol. The lowest BCUT2D eigenvalue weighted by molar-refractivity contribution is -0.261. The maximum Gasteiger partial charge on any atom is 0.343 e. The van der Waals surface area contributed by atoms with Crippen LogP contribution in [-0.2, 0) is 19.9 Å². The number of rotatable bonds is 3. The van der Waals surface area contributed by atoms with Gasteiger partial charge in [0, 0.05) is 10.9 Å². The van der Waals surface area contributed by atoms with Crippen LogP contribution in [0.15, 0.2) is 24.3 Å². The smallest absolute Gasteiger partial charge is 0.343 e. The molecule has 2 rings (SSSR count). The SMILES string of the molecule is CCOC(=O)C1(c2ccc(Cl)cc2)OC(C)C1C. The van der Waals surface area contributed by atoms with E-state index in [1.165, 1.54) is 0 Å².